The molecule has 1 saturated heterocycles. The van der Waals surface area contributed by atoms with Crippen LogP contribution < -0.4 is 5.32 Å². The fourth-order valence-corrected chi connectivity index (χ4v) is 1.30. The summed E-state index contributed by atoms with van der Waals surface area (Å²) in [5.74, 6) is 0.869. The van der Waals surface area contributed by atoms with E-state index in [1.807, 2.05) is 0 Å². The van der Waals surface area contributed by atoms with Crippen molar-refractivity contribution >= 4 is 0 Å². The zero-order valence-electron chi connectivity index (χ0n) is 6.73. The van der Waals surface area contributed by atoms with Crippen molar-refractivity contribution in [2.45, 2.75) is 19.8 Å². The van der Waals surface area contributed by atoms with Crippen LogP contribution in [-0.4, -0.2) is 26.3 Å². The molecule has 0 aromatic rings. The summed E-state index contributed by atoms with van der Waals surface area (Å²) in [6.07, 6.45) is 2.49. The SMILES string of the molecule is CCNCC1CCOCC1.[HH]. The van der Waals surface area contributed by atoms with Gasteiger partial charge in [-0.2, -0.15) is 0 Å². The second kappa shape index (κ2) is 4.69. The Labute approximate surface area is 64.4 Å². The van der Waals surface area contributed by atoms with Crippen LogP contribution in [-0.2, 0) is 4.74 Å². The molecule has 0 spiro atoms. The van der Waals surface area contributed by atoms with Gasteiger partial charge < -0.3 is 10.1 Å². The predicted molar refractivity (Wildman–Crippen MR) is 44.2 cm³/mol. The van der Waals surface area contributed by atoms with Crippen molar-refractivity contribution < 1.29 is 6.16 Å². The van der Waals surface area contributed by atoms with Crippen molar-refractivity contribution in [2.24, 2.45) is 5.92 Å². The minimum absolute atomic E-state index is 0. The molecule has 0 aromatic carbocycles. The summed E-state index contributed by atoms with van der Waals surface area (Å²) < 4.78 is 5.25. The Bertz CT molecular complexity index is 84.2. The van der Waals surface area contributed by atoms with E-state index in [2.05, 4.69) is 12.2 Å². The summed E-state index contributed by atoms with van der Waals surface area (Å²) in [7, 11) is 0. The topological polar surface area (TPSA) is 21.3 Å². The summed E-state index contributed by atoms with van der Waals surface area (Å²) in [4.78, 5) is 0. The maximum absolute atomic E-state index is 5.25. The lowest BCUT2D eigenvalue weighted by molar-refractivity contribution is 0.0665. The highest BCUT2D eigenvalue weighted by Gasteiger charge is 2.11. The molecule has 1 aliphatic heterocycles. The molecule has 1 aliphatic rings. The Morgan fingerprint density at radius 1 is 1.50 bits per heavy atom. The zero-order valence-corrected chi connectivity index (χ0v) is 6.73. The Morgan fingerprint density at radius 3 is 2.80 bits per heavy atom. The van der Waals surface area contributed by atoms with Gasteiger partial charge in [0.2, 0.25) is 0 Å². The molecule has 1 heterocycles. The molecule has 0 aromatic heterocycles. The van der Waals surface area contributed by atoms with Gasteiger partial charge in [0, 0.05) is 14.6 Å². The lowest BCUT2D eigenvalue weighted by Crippen LogP contribution is -2.27. The smallest absolute Gasteiger partial charge is 0.0469 e. The molecule has 1 N–H and O–H groups in total. The van der Waals surface area contributed by atoms with Crippen LogP contribution in [0.2, 0.25) is 0 Å². The summed E-state index contributed by atoms with van der Waals surface area (Å²) in [6.45, 7) is 6.36. The van der Waals surface area contributed by atoms with Gasteiger partial charge in [0.15, 0.2) is 0 Å². The molecule has 0 saturated carbocycles. The molecule has 10 heavy (non-hydrogen) atoms. The predicted octanol–water partition coefficient (Wildman–Crippen LogP) is 1.27. The van der Waals surface area contributed by atoms with Crippen LogP contribution in [0.25, 0.3) is 0 Å². The van der Waals surface area contributed by atoms with Gasteiger partial charge in [-0.05, 0) is 31.8 Å². The monoisotopic (exact) mass is 145 g/mol. The maximum Gasteiger partial charge on any atom is 0.0469 e. The Morgan fingerprint density at radius 2 is 2.20 bits per heavy atom. The van der Waals surface area contributed by atoms with Gasteiger partial charge in [0.1, 0.15) is 0 Å². The van der Waals surface area contributed by atoms with Crippen LogP contribution in [0.3, 0.4) is 0 Å². The average molecular weight is 145 g/mol. The van der Waals surface area contributed by atoms with E-state index in [1.54, 1.807) is 0 Å². The van der Waals surface area contributed by atoms with Gasteiger partial charge in [-0.1, -0.05) is 6.92 Å². The van der Waals surface area contributed by atoms with Crippen LogP contribution in [0, 0.1) is 5.92 Å². The molecule has 0 radical (unpaired) electrons. The summed E-state index contributed by atoms with van der Waals surface area (Å²) in [6, 6.07) is 0. The van der Waals surface area contributed by atoms with E-state index < -0.39 is 0 Å². The highest BCUT2D eigenvalue weighted by molar-refractivity contribution is 4.64. The van der Waals surface area contributed by atoms with E-state index in [0.717, 1.165) is 25.7 Å². The van der Waals surface area contributed by atoms with Gasteiger partial charge >= 0.3 is 0 Å². The second-order valence-corrected chi connectivity index (χ2v) is 2.86. The number of ether oxygens (including phenoxy) is 1. The van der Waals surface area contributed by atoms with E-state index in [0.29, 0.717) is 0 Å². The quantitative estimate of drug-likeness (QED) is 0.645. The Kier molecular flexibility index (Phi) is 3.76. The fraction of sp³-hybridized carbons (Fsp3) is 1.00. The third-order valence-corrected chi connectivity index (χ3v) is 2.02. The van der Waals surface area contributed by atoms with E-state index in [9.17, 15) is 0 Å². The van der Waals surface area contributed by atoms with Crippen molar-refractivity contribution in [2.75, 3.05) is 26.3 Å². The van der Waals surface area contributed by atoms with Crippen molar-refractivity contribution in [3.8, 4) is 0 Å². The second-order valence-electron chi connectivity index (χ2n) is 2.86. The number of nitrogens with one attached hydrogen (secondary N) is 1. The highest BCUT2D eigenvalue weighted by atomic mass is 16.5. The van der Waals surface area contributed by atoms with Crippen molar-refractivity contribution in [3.05, 3.63) is 0 Å². The standard InChI is InChI=1S/C8H17NO.H2/c1-2-9-7-8-3-5-10-6-4-8;/h8-9H,2-7H2,1H3;1H. The van der Waals surface area contributed by atoms with Crippen LogP contribution in [0.4, 0.5) is 0 Å². The van der Waals surface area contributed by atoms with Crippen molar-refractivity contribution in [1.29, 1.82) is 0 Å². The van der Waals surface area contributed by atoms with Gasteiger partial charge in [-0.25, -0.2) is 0 Å². The third kappa shape index (κ3) is 2.67. The van der Waals surface area contributed by atoms with Crippen molar-refractivity contribution in [3.63, 3.8) is 0 Å². The lowest BCUT2D eigenvalue weighted by atomic mass is 10.0. The van der Waals surface area contributed by atoms with Crippen LogP contribution >= 0.6 is 0 Å². The third-order valence-electron chi connectivity index (χ3n) is 2.02. The highest BCUT2D eigenvalue weighted by Crippen LogP contribution is 2.12. The van der Waals surface area contributed by atoms with E-state index in [4.69, 9.17) is 4.74 Å². The Hall–Kier alpha value is -0.0800. The van der Waals surface area contributed by atoms with Gasteiger partial charge in [0.25, 0.3) is 0 Å². The largest absolute Gasteiger partial charge is 0.381 e. The molecule has 2 heteroatoms. The fourth-order valence-electron chi connectivity index (χ4n) is 1.30. The molecule has 1 fully saturated rings. The Balaban J connectivity index is 0.000001000. The zero-order chi connectivity index (χ0) is 7.23. The van der Waals surface area contributed by atoms with Gasteiger partial charge in [-0.15, -0.1) is 0 Å². The first-order chi connectivity index (χ1) is 4.93. The normalized spacial score (nSPS) is 21.3. The summed E-state index contributed by atoms with van der Waals surface area (Å²) in [5.41, 5.74) is 0. The first-order valence-electron chi connectivity index (χ1n) is 4.22. The van der Waals surface area contributed by atoms with Gasteiger partial charge in [-0.3, -0.25) is 0 Å². The molecule has 62 valence electrons. The minimum Gasteiger partial charge on any atom is -0.381 e. The number of hydrogen-bond donors (Lipinski definition) is 1. The molecule has 2 nitrogen and oxygen atoms in total. The number of rotatable bonds is 3. The average Bonchev–Trinajstić information content (AvgIpc) is 2.03. The van der Waals surface area contributed by atoms with E-state index in [-0.39, 0.29) is 1.43 Å². The molecule has 0 bridgehead atoms. The first kappa shape index (κ1) is 8.02. The van der Waals surface area contributed by atoms with Crippen LogP contribution in [0.15, 0.2) is 0 Å². The molecule has 0 amide bonds. The molecule has 1 rings (SSSR count). The first-order valence-corrected chi connectivity index (χ1v) is 4.22. The summed E-state index contributed by atoms with van der Waals surface area (Å²) >= 11 is 0. The van der Waals surface area contributed by atoms with Crippen LogP contribution in [0.5, 0.6) is 0 Å². The van der Waals surface area contributed by atoms with Crippen molar-refractivity contribution in [1.82, 2.24) is 5.32 Å². The molecular weight excluding hydrogens is 126 g/mol. The molecule has 0 aliphatic carbocycles. The van der Waals surface area contributed by atoms with E-state index in [1.165, 1.54) is 19.4 Å². The molecular formula is C8H19NO. The number of hydrogen-bond acceptors (Lipinski definition) is 2. The molecule has 0 atom stereocenters. The van der Waals surface area contributed by atoms with Gasteiger partial charge in [0.05, 0.1) is 0 Å². The lowest BCUT2D eigenvalue weighted by Gasteiger charge is -2.21. The summed E-state index contributed by atoms with van der Waals surface area (Å²) in [5, 5.41) is 3.36. The van der Waals surface area contributed by atoms with Crippen LogP contribution in [0.1, 0.15) is 21.2 Å². The van der Waals surface area contributed by atoms with E-state index >= 15 is 0 Å². The minimum atomic E-state index is 0. The maximum atomic E-state index is 5.25. The molecule has 0 unspecified atom stereocenters.